The highest BCUT2D eigenvalue weighted by Crippen LogP contribution is 2.33. The second-order valence-electron chi connectivity index (χ2n) is 6.55. The van der Waals surface area contributed by atoms with E-state index in [0.717, 1.165) is 29.7 Å². The highest BCUT2D eigenvalue weighted by molar-refractivity contribution is 5.98. The molecule has 0 radical (unpaired) electrons. The van der Waals surface area contributed by atoms with Crippen molar-refractivity contribution in [1.29, 1.82) is 0 Å². The van der Waals surface area contributed by atoms with E-state index in [0.29, 0.717) is 24.4 Å². The van der Waals surface area contributed by atoms with Crippen LogP contribution in [0.4, 0.5) is 5.69 Å². The summed E-state index contributed by atoms with van der Waals surface area (Å²) < 4.78 is 5.52. The number of nitrogens with one attached hydrogen (secondary N) is 1. The maximum absolute atomic E-state index is 12.4. The average molecular weight is 352 g/mol. The molecule has 0 saturated heterocycles. The molecule has 3 rings (SSSR count). The van der Waals surface area contributed by atoms with Crippen molar-refractivity contribution in [2.45, 2.75) is 33.2 Å². The molecule has 1 heterocycles. The Morgan fingerprint density at radius 3 is 2.88 bits per heavy atom. The van der Waals surface area contributed by atoms with Crippen molar-refractivity contribution >= 4 is 17.5 Å². The SMILES string of the molecule is CCCCNC(=O)c1cccc(CN2C(=O)COc3ccc(C)cc32)c1. The Morgan fingerprint density at radius 1 is 1.23 bits per heavy atom. The van der Waals surface area contributed by atoms with Crippen molar-refractivity contribution in [1.82, 2.24) is 5.32 Å². The first-order chi connectivity index (χ1) is 12.6. The van der Waals surface area contributed by atoms with Gasteiger partial charge in [0.15, 0.2) is 6.61 Å². The molecular weight excluding hydrogens is 328 g/mol. The minimum absolute atomic E-state index is 0.0350. The number of fused-ring (bicyclic) bond motifs is 1. The lowest BCUT2D eigenvalue weighted by molar-refractivity contribution is -0.121. The zero-order chi connectivity index (χ0) is 18.5. The molecule has 0 aromatic heterocycles. The molecule has 2 amide bonds. The number of ether oxygens (including phenoxy) is 1. The van der Waals surface area contributed by atoms with Crippen LogP contribution in [0.3, 0.4) is 0 Å². The van der Waals surface area contributed by atoms with Crippen LogP contribution in [0.5, 0.6) is 5.75 Å². The molecule has 0 fully saturated rings. The van der Waals surface area contributed by atoms with Gasteiger partial charge in [0.05, 0.1) is 12.2 Å². The summed E-state index contributed by atoms with van der Waals surface area (Å²) >= 11 is 0. The second kappa shape index (κ2) is 8.04. The third-order valence-electron chi connectivity index (χ3n) is 4.40. The van der Waals surface area contributed by atoms with Crippen LogP contribution in [-0.2, 0) is 11.3 Å². The molecule has 136 valence electrons. The van der Waals surface area contributed by atoms with Crippen LogP contribution >= 0.6 is 0 Å². The predicted molar refractivity (Wildman–Crippen MR) is 102 cm³/mol. The number of nitrogens with zero attached hydrogens (tertiary/aromatic N) is 1. The molecule has 2 aromatic carbocycles. The summed E-state index contributed by atoms with van der Waals surface area (Å²) in [7, 11) is 0. The first kappa shape index (κ1) is 18.0. The van der Waals surface area contributed by atoms with Crippen LogP contribution in [-0.4, -0.2) is 25.0 Å². The van der Waals surface area contributed by atoms with Crippen LogP contribution in [0.2, 0.25) is 0 Å². The smallest absolute Gasteiger partial charge is 0.265 e. The van der Waals surface area contributed by atoms with E-state index < -0.39 is 0 Å². The molecular formula is C21H24N2O3. The summed E-state index contributed by atoms with van der Waals surface area (Å²) in [6.45, 7) is 5.20. The predicted octanol–water partition coefficient (Wildman–Crippen LogP) is 3.45. The van der Waals surface area contributed by atoms with Gasteiger partial charge in [0.25, 0.3) is 11.8 Å². The Hall–Kier alpha value is -2.82. The standard InChI is InChI=1S/C21H24N2O3/c1-3-4-10-22-21(25)17-7-5-6-16(12-17)13-23-18-11-15(2)8-9-19(18)26-14-20(23)24/h5-9,11-12H,3-4,10,13-14H2,1-2H3,(H,22,25). The van der Waals surface area contributed by atoms with Crippen molar-refractivity contribution < 1.29 is 14.3 Å². The third-order valence-corrected chi connectivity index (χ3v) is 4.40. The number of hydrogen-bond acceptors (Lipinski definition) is 3. The first-order valence-corrected chi connectivity index (χ1v) is 8.99. The van der Waals surface area contributed by atoms with Crippen molar-refractivity contribution in [2.24, 2.45) is 0 Å². The maximum Gasteiger partial charge on any atom is 0.265 e. The zero-order valence-corrected chi connectivity index (χ0v) is 15.2. The highest BCUT2D eigenvalue weighted by atomic mass is 16.5. The van der Waals surface area contributed by atoms with E-state index in [1.807, 2.05) is 43.3 Å². The van der Waals surface area contributed by atoms with Gasteiger partial charge in [-0.15, -0.1) is 0 Å². The summed E-state index contributed by atoms with van der Waals surface area (Å²) in [4.78, 5) is 26.4. The summed E-state index contributed by atoms with van der Waals surface area (Å²) in [6, 6.07) is 13.2. The Balaban J connectivity index is 1.79. The summed E-state index contributed by atoms with van der Waals surface area (Å²) in [5, 5.41) is 2.92. The minimum Gasteiger partial charge on any atom is -0.482 e. The van der Waals surface area contributed by atoms with Crippen molar-refractivity contribution in [3.05, 3.63) is 59.2 Å². The van der Waals surface area contributed by atoms with Gasteiger partial charge in [-0.2, -0.15) is 0 Å². The van der Waals surface area contributed by atoms with E-state index in [2.05, 4.69) is 12.2 Å². The number of aryl methyl sites for hydroxylation is 1. The fourth-order valence-corrected chi connectivity index (χ4v) is 2.96. The lowest BCUT2D eigenvalue weighted by atomic mass is 10.1. The average Bonchev–Trinajstić information content (AvgIpc) is 2.64. The fourth-order valence-electron chi connectivity index (χ4n) is 2.96. The van der Waals surface area contributed by atoms with Gasteiger partial charge in [-0.1, -0.05) is 31.5 Å². The lowest BCUT2D eigenvalue weighted by Gasteiger charge is -2.29. The van der Waals surface area contributed by atoms with Gasteiger partial charge in [-0.25, -0.2) is 0 Å². The van der Waals surface area contributed by atoms with Gasteiger partial charge in [0.1, 0.15) is 5.75 Å². The molecule has 0 saturated carbocycles. The Morgan fingerprint density at radius 2 is 2.08 bits per heavy atom. The van der Waals surface area contributed by atoms with E-state index in [4.69, 9.17) is 4.74 Å². The Labute approximate surface area is 154 Å². The second-order valence-corrected chi connectivity index (χ2v) is 6.55. The molecule has 0 unspecified atom stereocenters. The van der Waals surface area contributed by atoms with Gasteiger partial charge < -0.3 is 15.0 Å². The van der Waals surface area contributed by atoms with Crippen LogP contribution < -0.4 is 15.0 Å². The van der Waals surface area contributed by atoms with Gasteiger partial charge in [-0.05, 0) is 48.7 Å². The number of benzene rings is 2. The van der Waals surface area contributed by atoms with Gasteiger partial charge in [0.2, 0.25) is 0 Å². The molecule has 5 nitrogen and oxygen atoms in total. The number of anilines is 1. The molecule has 1 aliphatic heterocycles. The molecule has 26 heavy (non-hydrogen) atoms. The summed E-state index contributed by atoms with van der Waals surface area (Å²) in [6.07, 6.45) is 2.00. The maximum atomic E-state index is 12.4. The van der Waals surface area contributed by atoms with Crippen molar-refractivity contribution in [3.63, 3.8) is 0 Å². The van der Waals surface area contributed by atoms with E-state index >= 15 is 0 Å². The number of carbonyl (C=O) groups excluding carboxylic acids is 2. The first-order valence-electron chi connectivity index (χ1n) is 8.99. The summed E-state index contributed by atoms with van der Waals surface area (Å²) in [5.41, 5.74) is 3.37. The number of rotatable bonds is 6. The lowest BCUT2D eigenvalue weighted by Crippen LogP contribution is -2.38. The molecule has 1 aliphatic rings. The highest BCUT2D eigenvalue weighted by Gasteiger charge is 2.25. The van der Waals surface area contributed by atoms with Gasteiger partial charge >= 0.3 is 0 Å². The van der Waals surface area contributed by atoms with Crippen LogP contribution in [0.15, 0.2) is 42.5 Å². The molecule has 5 heteroatoms. The number of hydrogen-bond donors (Lipinski definition) is 1. The normalized spacial score (nSPS) is 13.2. The minimum atomic E-state index is -0.0825. The molecule has 0 aliphatic carbocycles. The topological polar surface area (TPSA) is 58.6 Å². The molecule has 2 aromatic rings. The van der Waals surface area contributed by atoms with Crippen molar-refractivity contribution in [3.8, 4) is 5.75 Å². The molecule has 0 atom stereocenters. The molecule has 0 spiro atoms. The molecule has 0 bridgehead atoms. The van der Waals surface area contributed by atoms with Gasteiger partial charge in [-0.3, -0.25) is 9.59 Å². The third kappa shape index (κ3) is 4.04. The number of amides is 2. The number of unbranched alkanes of at least 4 members (excludes halogenated alkanes) is 1. The molecule has 1 N–H and O–H groups in total. The van der Waals surface area contributed by atoms with Gasteiger partial charge in [0, 0.05) is 12.1 Å². The van der Waals surface area contributed by atoms with E-state index in [-0.39, 0.29) is 18.4 Å². The van der Waals surface area contributed by atoms with Crippen molar-refractivity contribution in [2.75, 3.05) is 18.1 Å². The largest absolute Gasteiger partial charge is 0.482 e. The Bertz CT molecular complexity index is 817. The van der Waals surface area contributed by atoms with E-state index in [9.17, 15) is 9.59 Å². The van der Waals surface area contributed by atoms with Crippen LogP contribution in [0.1, 0.15) is 41.3 Å². The quantitative estimate of drug-likeness (QED) is 0.810. The summed E-state index contributed by atoms with van der Waals surface area (Å²) in [5.74, 6) is 0.550. The van der Waals surface area contributed by atoms with E-state index in [1.165, 1.54) is 0 Å². The monoisotopic (exact) mass is 352 g/mol. The zero-order valence-electron chi connectivity index (χ0n) is 15.2. The van der Waals surface area contributed by atoms with E-state index in [1.54, 1.807) is 11.0 Å². The number of carbonyl (C=O) groups is 2. The fraction of sp³-hybridized carbons (Fsp3) is 0.333. The Kier molecular flexibility index (Phi) is 5.56. The van der Waals surface area contributed by atoms with Crippen LogP contribution in [0.25, 0.3) is 0 Å². The van der Waals surface area contributed by atoms with Crippen LogP contribution in [0, 0.1) is 6.92 Å².